The van der Waals surface area contributed by atoms with Crippen molar-refractivity contribution in [2.24, 2.45) is 0 Å². The van der Waals surface area contributed by atoms with Crippen molar-refractivity contribution >= 4 is 11.6 Å². The summed E-state index contributed by atoms with van der Waals surface area (Å²) in [7, 11) is 0. The van der Waals surface area contributed by atoms with E-state index >= 15 is 0 Å². The number of H-pyrrole nitrogens is 1. The molecule has 2 rings (SSSR count). The summed E-state index contributed by atoms with van der Waals surface area (Å²) in [5, 5.41) is 8.66. The smallest absolute Gasteiger partial charge is 0.330 e. The van der Waals surface area contributed by atoms with E-state index in [1.807, 2.05) is 4.98 Å². The summed E-state index contributed by atoms with van der Waals surface area (Å²) in [6.07, 6.45) is -0.280. The molecule has 2 N–H and O–H groups in total. The van der Waals surface area contributed by atoms with Crippen molar-refractivity contribution in [2.75, 3.05) is 13.2 Å². The molecule has 1 aromatic rings. The maximum Gasteiger partial charge on any atom is 0.330 e. The van der Waals surface area contributed by atoms with Crippen molar-refractivity contribution in [1.82, 2.24) is 9.55 Å². The van der Waals surface area contributed by atoms with Gasteiger partial charge >= 0.3 is 5.69 Å². The summed E-state index contributed by atoms with van der Waals surface area (Å²) < 4.78 is 11.3. The first kappa shape index (κ1) is 11.3. The fraction of sp³-hybridized carbons (Fsp3) is 0.500. The van der Waals surface area contributed by atoms with Crippen LogP contribution in [-0.4, -0.2) is 34.2 Å². The Hall–Kier alpha value is -1.15. The first-order chi connectivity index (χ1) is 7.61. The average Bonchev–Trinajstić information content (AvgIpc) is 2.71. The number of hydrogen-bond acceptors (Lipinski definition) is 5. The highest BCUT2D eigenvalue weighted by atomic mass is 35.5. The van der Waals surface area contributed by atoms with Crippen LogP contribution in [0.25, 0.3) is 0 Å². The Labute approximate surface area is 94.2 Å². The Balaban J connectivity index is 2.32. The maximum absolute atomic E-state index is 11.4. The minimum absolute atomic E-state index is 0.105. The van der Waals surface area contributed by atoms with Gasteiger partial charge in [-0.05, 0) is 0 Å². The lowest BCUT2D eigenvalue weighted by Gasteiger charge is -2.12. The number of nitrogens with one attached hydrogen (secondary N) is 1. The van der Waals surface area contributed by atoms with Gasteiger partial charge in [-0.3, -0.25) is 14.3 Å². The fourth-order valence-corrected chi connectivity index (χ4v) is 1.51. The zero-order valence-electron chi connectivity index (χ0n) is 8.05. The SMILES string of the molecule is O=c1[nH]c(=O)n(C2COC(CO)O2)cc1Cl. The molecular weight excluding hydrogens is 240 g/mol. The molecule has 16 heavy (non-hydrogen) atoms. The van der Waals surface area contributed by atoms with Gasteiger partial charge in [0.05, 0.1) is 13.2 Å². The summed E-state index contributed by atoms with van der Waals surface area (Å²) in [6.45, 7) is -0.199. The Bertz CT molecular complexity index is 496. The molecule has 2 unspecified atom stereocenters. The van der Waals surface area contributed by atoms with Crippen LogP contribution in [0.4, 0.5) is 0 Å². The van der Waals surface area contributed by atoms with Crippen molar-refractivity contribution in [3.05, 3.63) is 32.1 Å². The van der Waals surface area contributed by atoms with E-state index in [1.54, 1.807) is 0 Å². The normalized spacial score (nSPS) is 24.9. The van der Waals surface area contributed by atoms with E-state index in [1.165, 1.54) is 6.20 Å². The largest absolute Gasteiger partial charge is 0.391 e. The molecule has 0 amide bonds. The lowest BCUT2D eigenvalue weighted by molar-refractivity contribution is -0.0992. The monoisotopic (exact) mass is 248 g/mol. The summed E-state index contributed by atoms with van der Waals surface area (Å²) in [5.41, 5.74) is -1.29. The van der Waals surface area contributed by atoms with Crippen LogP contribution in [0.3, 0.4) is 0 Å². The first-order valence-corrected chi connectivity index (χ1v) is 4.88. The third-order valence-corrected chi connectivity index (χ3v) is 2.39. The van der Waals surface area contributed by atoms with E-state index in [4.69, 9.17) is 26.2 Å². The van der Waals surface area contributed by atoms with Crippen LogP contribution < -0.4 is 11.2 Å². The number of ether oxygens (including phenoxy) is 2. The van der Waals surface area contributed by atoms with E-state index in [9.17, 15) is 9.59 Å². The highest BCUT2D eigenvalue weighted by Gasteiger charge is 2.27. The predicted molar refractivity (Wildman–Crippen MR) is 53.3 cm³/mol. The van der Waals surface area contributed by atoms with Crippen molar-refractivity contribution in [1.29, 1.82) is 0 Å². The number of hydrogen-bond donors (Lipinski definition) is 2. The molecule has 0 aromatic carbocycles. The van der Waals surface area contributed by atoms with Gasteiger partial charge in [0.25, 0.3) is 5.56 Å². The van der Waals surface area contributed by atoms with E-state index in [0.717, 1.165) is 4.57 Å². The summed E-state index contributed by atoms with van der Waals surface area (Å²) in [5.74, 6) is 0. The summed E-state index contributed by atoms with van der Waals surface area (Å²) in [4.78, 5) is 24.5. The van der Waals surface area contributed by atoms with Crippen LogP contribution >= 0.6 is 11.6 Å². The Morgan fingerprint density at radius 2 is 2.38 bits per heavy atom. The molecule has 2 heterocycles. The second kappa shape index (κ2) is 4.38. The van der Waals surface area contributed by atoms with Gasteiger partial charge in [0, 0.05) is 6.20 Å². The zero-order valence-corrected chi connectivity index (χ0v) is 8.81. The third kappa shape index (κ3) is 2.03. The van der Waals surface area contributed by atoms with Gasteiger partial charge in [-0.1, -0.05) is 11.6 Å². The van der Waals surface area contributed by atoms with E-state index in [0.29, 0.717) is 0 Å². The van der Waals surface area contributed by atoms with Crippen LogP contribution in [0.1, 0.15) is 6.23 Å². The lowest BCUT2D eigenvalue weighted by atomic mass is 10.5. The van der Waals surface area contributed by atoms with E-state index < -0.39 is 23.8 Å². The van der Waals surface area contributed by atoms with Gasteiger partial charge < -0.3 is 14.6 Å². The van der Waals surface area contributed by atoms with Gasteiger partial charge in [-0.15, -0.1) is 0 Å². The topological polar surface area (TPSA) is 93.6 Å². The number of aromatic nitrogens is 2. The van der Waals surface area contributed by atoms with Crippen molar-refractivity contribution < 1.29 is 14.6 Å². The molecule has 7 nitrogen and oxygen atoms in total. The molecule has 8 heteroatoms. The van der Waals surface area contributed by atoms with Crippen LogP contribution in [0.5, 0.6) is 0 Å². The molecule has 1 aliphatic heterocycles. The molecule has 88 valence electrons. The van der Waals surface area contributed by atoms with Gasteiger partial charge in [-0.2, -0.15) is 0 Å². The number of nitrogens with zero attached hydrogens (tertiary/aromatic N) is 1. The molecule has 0 aliphatic carbocycles. The Morgan fingerprint density at radius 3 is 3.00 bits per heavy atom. The van der Waals surface area contributed by atoms with Crippen LogP contribution in [0.2, 0.25) is 5.02 Å². The number of rotatable bonds is 2. The molecule has 2 atom stereocenters. The molecule has 0 bridgehead atoms. The first-order valence-electron chi connectivity index (χ1n) is 4.50. The number of aliphatic hydroxyl groups is 1. The van der Waals surface area contributed by atoms with Crippen molar-refractivity contribution in [3.63, 3.8) is 0 Å². The second-order valence-electron chi connectivity index (χ2n) is 3.18. The maximum atomic E-state index is 11.4. The minimum atomic E-state index is -0.761. The average molecular weight is 249 g/mol. The van der Waals surface area contributed by atoms with Crippen LogP contribution in [0, 0.1) is 0 Å². The lowest BCUT2D eigenvalue weighted by Crippen LogP contribution is -2.33. The summed E-state index contributed by atoms with van der Waals surface area (Å²) >= 11 is 5.59. The third-order valence-electron chi connectivity index (χ3n) is 2.12. The molecule has 0 spiro atoms. The highest BCUT2D eigenvalue weighted by Crippen LogP contribution is 2.19. The minimum Gasteiger partial charge on any atom is -0.391 e. The predicted octanol–water partition coefficient (Wildman–Crippen LogP) is -0.946. The van der Waals surface area contributed by atoms with Crippen molar-refractivity contribution in [2.45, 2.75) is 12.5 Å². The van der Waals surface area contributed by atoms with E-state index in [-0.39, 0.29) is 18.2 Å². The number of aliphatic hydroxyl groups excluding tert-OH is 1. The standard InChI is InChI=1S/C8H9ClN2O5/c9-4-1-11(8(14)10-7(4)13)5-3-15-6(2-12)16-5/h1,5-6,12H,2-3H2,(H,10,13,14). The molecule has 1 fully saturated rings. The summed E-state index contributed by atoms with van der Waals surface area (Å²) in [6, 6.07) is 0. The van der Waals surface area contributed by atoms with Gasteiger partial charge in [-0.25, -0.2) is 4.79 Å². The van der Waals surface area contributed by atoms with Gasteiger partial charge in [0.1, 0.15) is 5.02 Å². The highest BCUT2D eigenvalue weighted by molar-refractivity contribution is 6.30. The van der Waals surface area contributed by atoms with E-state index in [2.05, 4.69) is 0 Å². The second-order valence-corrected chi connectivity index (χ2v) is 3.59. The molecular formula is C8H9ClN2O5. The fourth-order valence-electron chi connectivity index (χ4n) is 1.36. The van der Waals surface area contributed by atoms with Gasteiger partial charge in [0.15, 0.2) is 12.5 Å². The molecule has 0 saturated carbocycles. The molecule has 1 aromatic heterocycles. The molecule has 1 saturated heterocycles. The number of aromatic amines is 1. The quantitative estimate of drug-likeness (QED) is 0.704. The zero-order chi connectivity index (χ0) is 11.7. The molecule has 1 aliphatic rings. The number of halogens is 1. The molecule has 0 radical (unpaired) electrons. The Kier molecular flexibility index (Phi) is 3.10. The van der Waals surface area contributed by atoms with Gasteiger partial charge in [0.2, 0.25) is 0 Å². The Morgan fingerprint density at radius 1 is 1.62 bits per heavy atom. The van der Waals surface area contributed by atoms with Crippen molar-refractivity contribution in [3.8, 4) is 0 Å². The van der Waals surface area contributed by atoms with Crippen LogP contribution in [0.15, 0.2) is 15.8 Å². The van der Waals surface area contributed by atoms with Crippen LogP contribution in [-0.2, 0) is 9.47 Å².